The molecule has 27 heavy (non-hydrogen) atoms. The van der Waals surface area contributed by atoms with Crippen molar-refractivity contribution in [3.05, 3.63) is 83.0 Å². The van der Waals surface area contributed by atoms with Gasteiger partial charge in [-0.1, -0.05) is 29.8 Å². The molecule has 7 heteroatoms. The maximum absolute atomic E-state index is 12.3. The molecule has 1 aromatic carbocycles. The van der Waals surface area contributed by atoms with E-state index >= 15 is 0 Å². The fourth-order valence-corrected chi connectivity index (χ4v) is 3.88. The van der Waals surface area contributed by atoms with Crippen molar-refractivity contribution in [2.45, 2.75) is 18.9 Å². The minimum Gasteiger partial charge on any atom is -0.350 e. The van der Waals surface area contributed by atoms with Crippen molar-refractivity contribution in [2.75, 3.05) is 0 Å². The van der Waals surface area contributed by atoms with Crippen LogP contribution >= 0.6 is 11.6 Å². The number of hydrogen-bond donors (Lipinski definition) is 1. The van der Waals surface area contributed by atoms with Gasteiger partial charge >= 0.3 is 0 Å². The van der Waals surface area contributed by atoms with Crippen LogP contribution in [-0.4, -0.2) is 25.1 Å². The van der Waals surface area contributed by atoms with E-state index in [1.807, 2.05) is 54.9 Å². The summed E-state index contributed by atoms with van der Waals surface area (Å²) in [5.41, 5.74) is 4.56. The molecule has 0 aliphatic carbocycles. The van der Waals surface area contributed by atoms with Crippen molar-refractivity contribution in [3.8, 4) is 5.69 Å². The van der Waals surface area contributed by atoms with Crippen LogP contribution in [0.3, 0.4) is 0 Å². The van der Waals surface area contributed by atoms with Gasteiger partial charge in [-0.25, -0.2) is 9.67 Å². The van der Waals surface area contributed by atoms with Gasteiger partial charge in [0, 0.05) is 30.3 Å². The zero-order chi connectivity index (χ0) is 18.4. The van der Waals surface area contributed by atoms with Crippen LogP contribution in [0.1, 0.15) is 29.3 Å². The number of aromatic nitrogens is 4. The van der Waals surface area contributed by atoms with E-state index in [-0.39, 0.29) is 11.8 Å². The van der Waals surface area contributed by atoms with Crippen LogP contribution in [0.2, 0.25) is 5.02 Å². The molecule has 0 unspecified atom stereocenters. The molecule has 1 aliphatic rings. The molecule has 1 aliphatic heterocycles. The number of nitrogens with zero attached hydrogens (tertiary/aromatic N) is 4. The fraction of sp³-hybridized carbons (Fsp3) is 0.150. The number of nitrogens with one attached hydrogen (secondary N) is 1. The lowest BCUT2D eigenvalue weighted by molar-refractivity contribution is -0.121. The molecule has 4 aromatic rings. The number of carbonyl (C=O) groups is 1. The summed E-state index contributed by atoms with van der Waals surface area (Å²) < 4.78 is 3.82. The number of para-hydroxylation sites is 1. The smallest absolute Gasteiger partial charge is 0.221 e. The molecule has 0 spiro atoms. The molecule has 6 nitrogen and oxygen atoms in total. The monoisotopic (exact) mass is 377 g/mol. The summed E-state index contributed by atoms with van der Waals surface area (Å²) in [5, 5.41) is 8.06. The first kappa shape index (κ1) is 16.1. The van der Waals surface area contributed by atoms with Gasteiger partial charge in [-0.3, -0.25) is 4.79 Å². The lowest BCUT2D eigenvalue weighted by atomic mass is 9.94. The van der Waals surface area contributed by atoms with Crippen LogP contribution < -0.4 is 5.32 Å². The lowest BCUT2D eigenvalue weighted by Crippen LogP contribution is -2.21. The van der Waals surface area contributed by atoms with Gasteiger partial charge in [0.2, 0.25) is 5.91 Å². The Morgan fingerprint density at radius 3 is 2.89 bits per heavy atom. The molecule has 134 valence electrons. The van der Waals surface area contributed by atoms with E-state index in [1.54, 1.807) is 10.9 Å². The van der Waals surface area contributed by atoms with Crippen LogP contribution in [0.15, 0.2) is 61.1 Å². The second kappa shape index (κ2) is 6.25. The maximum Gasteiger partial charge on any atom is 0.221 e. The molecule has 5 rings (SSSR count). The van der Waals surface area contributed by atoms with Gasteiger partial charge in [-0.05, 0) is 24.3 Å². The van der Waals surface area contributed by atoms with Crippen LogP contribution in [0.4, 0.5) is 0 Å². The number of fused-ring (bicyclic) bond motifs is 3. The van der Waals surface area contributed by atoms with E-state index in [0.29, 0.717) is 18.0 Å². The summed E-state index contributed by atoms with van der Waals surface area (Å²) >= 11 is 6.31. The van der Waals surface area contributed by atoms with Crippen LogP contribution in [0, 0.1) is 0 Å². The molecular weight excluding hydrogens is 362 g/mol. The second-order valence-corrected chi connectivity index (χ2v) is 6.98. The Morgan fingerprint density at radius 2 is 2.00 bits per heavy atom. The third-order valence-electron chi connectivity index (χ3n) is 4.92. The number of rotatable bonds is 2. The predicted molar refractivity (Wildman–Crippen MR) is 102 cm³/mol. The Balaban J connectivity index is 1.65. The van der Waals surface area contributed by atoms with Crippen LogP contribution in [0.25, 0.3) is 11.3 Å². The summed E-state index contributed by atoms with van der Waals surface area (Å²) in [5.74, 6) is -0.121. The highest BCUT2D eigenvalue weighted by atomic mass is 35.5. The van der Waals surface area contributed by atoms with Crippen molar-refractivity contribution >= 4 is 23.2 Å². The van der Waals surface area contributed by atoms with Gasteiger partial charge in [0.25, 0.3) is 0 Å². The Morgan fingerprint density at radius 1 is 1.15 bits per heavy atom. The topological polar surface area (TPSA) is 64.2 Å². The number of benzene rings is 1. The molecule has 3 aromatic heterocycles. The number of carbonyl (C=O) groups excluding carboxylic acids is 1. The second-order valence-electron chi connectivity index (χ2n) is 6.58. The molecular formula is C20H16ClN5O. The molecule has 1 amide bonds. The predicted octanol–water partition coefficient (Wildman–Crippen LogP) is 3.33. The highest BCUT2D eigenvalue weighted by Gasteiger charge is 2.29. The van der Waals surface area contributed by atoms with Crippen LogP contribution in [-0.2, 0) is 11.3 Å². The summed E-state index contributed by atoms with van der Waals surface area (Å²) in [4.78, 5) is 17.0. The number of halogens is 1. The van der Waals surface area contributed by atoms with E-state index in [4.69, 9.17) is 16.6 Å². The van der Waals surface area contributed by atoms with Crippen LogP contribution in [0.5, 0.6) is 0 Å². The summed E-state index contributed by atoms with van der Waals surface area (Å²) in [6.45, 7) is 0.436. The maximum atomic E-state index is 12.3. The number of pyridine rings is 1. The van der Waals surface area contributed by atoms with E-state index < -0.39 is 0 Å². The molecule has 0 fully saturated rings. The highest BCUT2D eigenvalue weighted by molar-refractivity contribution is 6.32. The number of imidazole rings is 1. The van der Waals surface area contributed by atoms with Gasteiger partial charge in [0.05, 0.1) is 34.8 Å². The Bertz CT molecular complexity index is 1160. The first-order valence-corrected chi connectivity index (χ1v) is 9.10. The zero-order valence-corrected chi connectivity index (χ0v) is 15.1. The Hall–Kier alpha value is -3.12. The molecule has 0 radical (unpaired) electrons. The molecule has 1 atom stereocenters. The minimum absolute atomic E-state index is 0.00757. The van der Waals surface area contributed by atoms with Gasteiger partial charge in [-0.15, -0.1) is 0 Å². The first-order valence-electron chi connectivity index (χ1n) is 8.73. The molecule has 0 bridgehead atoms. The van der Waals surface area contributed by atoms with Crippen molar-refractivity contribution in [1.82, 2.24) is 24.5 Å². The summed E-state index contributed by atoms with van der Waals surface area (Å²) in [6.07, 6.45) is 6.08. The normalized spacial score (nSPS) is 16.8. The van der Waals surface area contributed by atoms with Crippen molar-refractivity contribution < 1.29 is 4.79 Å². The summed E-state index contributed by atoms with van der Waals surface area (Å²) in [6, 6.07) is 13.5. The van der Waals surface area contributed by atoms with Gasteiger partial charge in [0.15, 0.2) is 0 Å². The molecule has 4 heterocycles. The third kappa shape index (κ3) is 2.69. The molecule has 0 saturated heterocycles. The SMILES string of the molecule is O=C1C[C@H](c2cnn(-c3ccccc3Cl)c2)c2c(nc3ccccn23)CN1. The van der Waals surface area contributed by atoms with Gasteiger partial charge in [-0.2, -0.15) is 5.10 Å². The van der Waals surface area contributed by atoms with Crippen molar-refractivity contribution in [1.29, 1.82) is 0 Å². The zero-order valence-electron chi connectivity index (χ0n) is 14.3. The summed E-state index contributed by atoms with van der Waals surface area (Å²) in [7, 11) is 0. The largest absolute Gasteiger partial charge is 0.350 e. The lowest BCUT2D eigenvalue weighted by Gasteiger charge is -2.13. The first-order chi connectivity index (χ1) is 13.2. The standard InChI is InChI=1S/C20H16ClN5O/c21-15-5-1-2-6-17(15)26-12-13(10-23-26)14-9-19(27)22-11-16-20(14)25-8-4-3-7-18(25)24-16/h1-8,10,12,14H,9,11H2,(H,22,27)/t14-/m1/s1. The van der Waals surface area contributed by atoms with E-state index in [2.05, 4.69) is 14.8 Å². The average molecular weight is 378 g/mol. The Kier molecular flexibility index (Phi) is 3.72. The average Bonchev–Trinajstić information content (AvgIpc) is 3.26. The quantitative estimate of drug-likeness (QED) is 0.582. The van der Waals surface area contributed by atoms with Gasteiger partial charge < -0.3 is 9.72 Å². The number of amides is 1. The third-order valence-corrected chi connectivity index (χ3v) is 5.24. The fourth-order valence-electron chi connectivity index (χ4n) is 3.66. The van der Waals surface area contributed by atoms with E-state index in [9.17, 15) is 4.79 Å². The Labute approximate surface area is 160 Å². The van der Waals surface area contributed by atoms with E-state index in [1.165, 1.54) is 0 Å². The molecule has 0 saturated carbocycles. The van der Waals surface area contributed by atoms with Crippen molar-refractivity contribution in [3.63, 3.8) is 0 Å². The molecule has 1 N–H and O–H groups in total. The minimum atomic E-state index is -0.129. The van der Waals surface area contributed by atoms with Crippen molar-refractivity contribution in [2.24, 2.45) is 0 Å². The highest BCUT2D eigenvalue weighted by Crippen LogP contribution is 2.33. The van der Waals surface area contributed by atoms with Gasteiger partial charge in [0.1, 0.15) is 5.65 Å². The number of hydrogen-bond acceptors (Lipinski definition) is 3. The van der Waals surface area contributed by atoms with E-state index in [0.717, 1.165) is 28.3 Å².